The van der Waals surface area contributed by atoms with Crippen molar-refractivity contribution in [2.45, 2.75) is 45.2 Å². The highest BCUT2D eigenvalue weighted by Crippen LogP contribution is 2.18. The predicted octanol–water partition coefficient (Wildman–Crippen LogP) is 1.58. The molecule has 20 heavy (non-hydrogen) atoms. The summed E-state index contributed by atoms with van der Waals surface area (Å²) in [5.74, 6) is 0.604. The summed E-state index contributed by atoms with van der Waals surface area (Å²) in [4.78, 5) is 15.8. The van der Waals surface area contributed by atoms with Gasteiger partial charge in [-0.1, -0.05) is 19.1 Å². The second-order valence-corrected chi connectivity index (χ2v) is 5.41. The van der Waals surface area contributed by atoms with E-state index in [1.54, 1.807) is 6.92 Å². The van der Waals surface area contributed by atoms with Gasteiger partial charge in [0, 0.05) is 13.0 Å². The van der Waals surface area contributed by atoms with Crippen molar-refractivity contribution < 1.29 is 4.79 Å². The highest BCUT2D eigenvalue weighted by atomic mass is 16.1. The van der Waals surface area contributed by atoms with E-state index >= 15 is 0 Å². The number of rotatable bonds is 6. The Morgan fingerprint density at radius 1 is 1.40 bits per heavy atom. The number of benzene rings is 1. The summed E-state index contributed by atoms with van der Waals surface area (Å²) < 4.78 is 2.20. The van der Waals surface area contributed by atoms with E-state index < -0.39 is 11.4 Å². The average molecular weight is 274 g/mol. The van der Waals surface area contributed by atoms with Gasteiger partial charge < -0.3 is 16.0 Å². The Morgan fingerprint density at radius 3 is 2.75 bits per heavy atom. The number of fused-ring (bicyclic) bond motifs is 1. The minimum Gasteiger partial charge on any atom is -0.368 e. The lowest BCUT2D eigenvalue weighted by molar-refractivity contribution is -0.122. The largest absolute Gasteiger partial charge is 0.368 e. The van der Waals surface area contributed by atoms with Gasteiger partial charge in [-0.3, -0.25) is 4.79 Å². The molecule has 0 aliphatic carbocycles. The highest BCUT2D eigenvalue weighted by molar-refractivity contribution is 5.83. The van der Waals surface area contributed by atoms with Crippen LogP contribution in [0.15, 0.2) is 24.3 Å². The summed E-state index contributed by atoms with van der Waals surface area (Å²) in [6.07, 6.45) is 2.24. The molecule has 2 rings (SSSR count). The molecule has 0 saturated carbocycles. The van der Waals surface area contributed by atoms with Gasteiger partial charge in [-0.05, 0) is 31.9 Å². The van der Waals surface area contributed by atoms with Crippen molar-refractivity contribution in [3.05, 3.63) is 30.1 Å². The summed E-state index contributed by atoms with van der Waals surface area (Å²) in [5, 5.41) is 0. The summed E-state index contributed by atoms with van der Waals surface area (Å²) in [5.41, 5.74) is 12.4. The number of carbonyl (C=O) groups excluding carboxylic acids is 1. The van der Waals surface area contributed by atoms with Crippen molar-refractivity contribution in [2.75, 3.05) is 0 Å². The Bertz CT molecular complexity index is 615. The van der Waals surface area contributed by atoms with Crippen LogP contribution in [-0.4, -0.2) is 21.0 Å². The molecular formula is C15H22N4O. The van der Waals surface area contributed by atoms with Gasteiger partial charge in [0.25, 0.3) is 0 Å². The number of aromatic nitrogens is 2. The maximum atomic E-state index is 11.2. The first-order chi connectivity index (χ1) is 9.45. The second-order valence-electron chi connectivity index (χ2n) is 5.41. The first-order valence-electron chi connectivity index (χ1n) is 6.98. The van der Waals surface area contributed by atoms with Gasteiger partial charge in [0.15, 0.2) is 0 Å². The first kappa shape index (κ1) is 14.5. The van der Waals surface area contributed by atoms with Crippen molar-refractivity contribution in [1.82, 2.24) is 9.55 Å². The smallest absolute Gasteiger partial charge is 0.237 e. The number of amides is 1. The zero-order valence-corrected chi connectivity index (χ0v) is 12.1. The molecule has 1 amide bonds. The maximum Gasteiger partial charge on any atom is 0.237 e. The molecule has 1 atom stereocenters. The van der Waals surface area contributed by atoms with Gasteiger partial charge in [0.05, 0.1) is 16.6 Å². The number of imidazole rings is 1. The number of nitrogens with two attached hydrogens (primary N) is 2. The SMILES string of the molecule is CCc1nc2ccccc2n1CCCC(C)(N)C(N)=O. The topological polar surface area (TPSA) is 86.9 Å². The van der Waals surface area contributed by atoms with E-state index in [1.165, 1.54) is 0 Å². The molecule has 5 heteroatoms. The van der Waals surface area contributed by atoms with Crippen LogP contribution in [0.4, 0.5) is 0 Å². The molecule has 2 aromatic rings. The van der Waals surface area contributed by atoms with E-state index in [-0.39, 0.29) is 0 Å². The molecule has 5 nitrogen and oxygen atoms in total. The Hall–Kier alpha value is -1.88. The average Bonchev–Trinajstić information content (AvgIpc) is 2.77. The van der Waals surface area contributed by atoms with Crippen LogP contribution in [0.25, 0.3) is 11.0 Å². The highest BCUT2D eigenvalue weighted by Gasteiger charge is 2.24. The van der Waals surface area contributed by atoms with Crippen molar-refractivity contribution in [3.8, 4) is 0 Å². The molecule has 0 aliphatic rings. The molecule has 1 heterocycles. The Morgan fingerprint density at radius 2 is 2.10 bits per heavy atom. The van der Waals surface area contributed by atoms with Crippen LogP contribution in [0.1, 0.15) is 32.5 Å². The number of hydrogen-bond donors (Lipinski definition) is 2. The van der Waals surface area contributed by atoms with Crippen LogP contribution >= 0.6 is 0 Å². The fourth-order valence-electron chi connectivity index (χ4n) is 2.37. The summed E-state index contributed by atoms with van der Waals surface area (Å²) in [6, 6.07) is 8.08. The van der Waals surface area contributed by atoms with E-state index in [2.05, 4.69) is 22.5 Å². The monoisotopic (exact) mass is 274 g/mol. The third kappa shape index (κ3) is 2.82. The molecule has 4 N–H and O–H groups in total. The van der Waals surface area contributed by atoms with Crippen molar-refractivity contribution in [3.63, 3.8) is 0 Å². The molecule has 1 unspecified atom stereocenters. The molecular weight excluding hydrogens is 252 g/mol. The summed E-state index contributed by atoms with van der Waals surface area (Å²) in [7, 11) is 0. The van der Waals surface area contributed by atoms with E-state index in [0.717, 1.165) is 36.2 Å². The number of carbonyl (C=O) groups is 1. The lowest BCUT2D eigenvalue weighted by atomic mass is 9.96. The number of aryl methyl sites for hydroxylation is 2. The minimum atomic E-state index is -0.942. The quantitative estimate of drug-likeness (QED) is 0.838. The van der Waals surface area contributed by atoms with Gasteiger partial charge in [0.1, 0.15) is 5.82 Å². The molecule has 0 saturated heterocycles. The number of nitrogens with zero attached hydrogens (tertiary/aromatic N) is 2. The molecule has 108 valence electrons. The third-order valence-electron chi connectivity index (χ3n) is 3.69. The summed E-state index contributed by atoms with van der Waals surface area (Å²) in [6.45, 7) is 4.57. The Kier molecular flexibility index (Phi) is 4.09. The zero-order valence-electron chi connectivity index (χ0n) is 12.1. The number of para-hydroxylation sites is 2. The maximum absolute atomic E-state index is 11.2. The molecule has 1 aromatic carbocycles. The van der Waals surface area contributed by atoms with Gasteiger partial charge in [-0.2, -0.15) is 0 Å². The van der Waals surface area contributed by atoms with Crippen molar-refractivity contribution in [1.29, 1.82) is 0 Å². The standard InChI is InChI=1S/C15H22N4O/c1-3-13-18-11-7-4-5-8-12(11)19(13)10-6-9-15(2,17)14(16)20/h4-5,7-8H,3,6,9-10,17H2,1-2H3,(H2,16,20). The number of hydrogen-bond acceptors (Lipinski definition) is 3. The van der Waals surface area contributed by atoms with Crippen LogP contribution < -0.4 is 11.5 Å². The Balaban J connectivity index is 2.15. The zero-order chi connectivity index (χ0) is 14.8. The lowest BCUT2D eigenvalue weighted by Crippen LogP contribution is -2.49. The van der Waals surface area contributed by atoms with Crippen LogP contribution in [-0.2, 0) is 17.8 Å². The molecule has 1 aromatic heterocycles. The van der Waals surface area contributed by atoms with Crippen LogP contribution in [0.5, 0.6) is 0 Å². The van der Waals surface area contributed by atoms with E-state index in [4.69, 9.17) is 11.5 Å². The van der Waals surface area contributed by atoms with Gasteiger partial charge in [-0.15, -0.1) is 0 Å². The van der Waals surface area contributed by atoms with Gasteiger partial charge in [0.2, 0.25) is 5.91 Å². The molecule has 0 radical (unpaired) electrons. The van der Waals surface area contributed by atoms with Crippen LogP contribution in [0, 0.1) is 0 Å². The molecule has 0 aliphatic heterocycles. The molecule has 0 spiro atoms. The molecule has 0 fully saturated rings. The summed E-state index contributed by atoms with van der Waals surface area (Å²) >= 11 is 0. The van der Waals surface area contributed by atoms with Crippen LogP contribution in [0.3, 0.4) is 0 Å². The van der Waals surface area contributed by atoms with Crippen LogP contribution in [0.2, 0.25) is 0 Å². The lowest BCUT2D eigenvalue weighted by Gasteiger charge is -2.20. The van der Waals surface area contributed by atoms with E-state index in [0.29, 0.717) is 6.42 Å². The molecule has 0 bridgehead atoms. The Labute approximate surface area is 119 Å². The van der Waals surface area contributed by atoms with Crippen molar-refractivity contribution >= 4 is 16.9 Å². The predicted molar refractivity (Wildman–Crippen MR) is 80.1 cm³/mol. The fourth-order valence-corrected chi connectivity index (χ4v) is 2.37. The van der Waals surface area contributed by atoms with Gasteiger partial charge >= 0.3 is 0 Å². The fraction of sp³-hybridized carbons (Fsp3) is 0.467. The van der Waals surface area contributed by atoms with Gasteiger partial charge in [-0.25, -0.2) is 4.98 Å². The second kappa shape index (κ2) is 5.63. The minimum absolute atomic E-state index is 0.455. The van der Waals surface area contributed by atoms with E-state index in [9.17, 15) is 4.79 Å². The van der Waals surface area contributed by atoms with Crippen molar-refractivity contribution in [2.24, 2.45) is 11.5 Å². The first-order valence-corrected chi connectivity index (χ1v) is 6.98. The number of primary amides is 1. The normalized spacial score (nSPS) is 14.3. The van der Waals surface area contributed by atoms with E-state index in [1.807, 2.05) is 18.2 Å². The third-order valence-corrected chi connectivity index (χ3v) is 3.69.